The second-order valence-corrected chi connectivity index (χ2v) is 5.81. The van der Waals surface area contributed by atoms with Crippen molar-refractivity contribution in [3.63, 3.8) is 0 Å². The minimum Gasteiger partial charge on any atom is -0.368 e. The fourth-order valence-electron chi connectivity index (χ4n) is 2.22. The van der Waals surface area contributed by atoms with Crippen molar-refractivity contribution in [1.29, 1.82) is 0 Å². The maximum atomic E-state index is 5.73. The van der Waals surface area contributed by atoms with Gasteiger partial charge in [0.15, 0.2) is 5.65 Å². The van der Waals surface area contributed by atoms with Crippen LogP contribution >= 0.6 is 0 Å². The Balaban J connectivity index is 2.35. The number of fused-ring (bicyclic) bond motifs is 1. The van der Waals surface area contributed by atoms with Gasteiger partial charge in [-0.15, -0.1) is 0 Å². The minimum absolute atomic E-state index is 0.0856. The first-order valence-electron chi connectivity index (χ1n) is 6.54. The van der Waals surface area contributed by atoms with Crippen molar-refractivity contribution >= 4 is 17.0 Å². The Bertz CT molecular complexity index is 753. The van der Waals surface area contributed by atoms with E-state index in [1.54, 1.807) is 6.20 Å². The molecular formula is C15H17N5. The molecule has 3 rings (SSSR count). The van der Waals surface area contributed by atoms with Gasteiger partial charge in [-0.1, -0.05) is 39.0 Å². The Morgan fingerprint density at radius 1 is 1.10 bits per heavy atom. The molecule has 0 saturated heterocycles. The lowest BCUT2D eigenvalue weighted by molar-refractivity contribution is 0.565. The molecule has 0 atom stereocenters. The SMILES string of the molecule is CC(C)(C)c1nn(-c2ccccc2)c2nc(N)ncc12. The molecule has 0 spiro atoms. The summed E-state index contributed by atoms with van der Waals surface area (Å²) in [5.74, 6) is 0.259. The standard InChI is InChI=1S/C15H17N5/c1-15(2,3)12-11-9-17-14(16)18-13(11)20(19-12)10-7-5-4-6-8-10/h4-9H,1-3H3,(H2,16,17,18). The molecule has 2 aromatic heterocycles. The first-order valence-corrected chi connectivity index (χ1v) is 6.54. The smallest absolute Gasteiger partial charge is 0.222 e. The molecule has 3 aromatic rings. The summed E-state index contributed by atoms with van der Waals surface area (Å²) in [7, 11) is 0. The van der Waals surface area contributed by atoms with E-state index in [4.69, 9.17) is 10.8 Å². The number of nitrogens with two attached hydrogens (primary N) is 1. The van der Waals surface area contributed by atoms with Gasteiger partial charge in [0.05, 0.1) is 16.8 Å². The van der Waals surface area contributed by atoms with Gasteiger partial charge in [-0.25, -0.2) is 9.67 Å². The van der Waals surface area contributed by atoms with Gasteiger partial charge in [0.25, 0.3) is 0 Å². The highest BCUT2D eigenvalue weighted by Crippen LogP contribution is 2.29. The Kier molecular flexibility index (Phi) is 2.71. The minimum atomic E-state index is -0.0856. The summed E-state index contributed by atoms with van der Waals surface area (Å²) in [5, 5.41) is 5.67. The van der Waals surface area contributed by atoms with E-state index in [9.17, 15) is 0 Å². The molecule has 0 bridgehead atoms. The lowest BCUT2D eigenvalue weighted by atomic mass is 9.91. The number of aromatic nitrogens is 4. The fourth-order valence-corrected chi connectivity index (χ4v) is 2.22. The maximum Gasteiger partial charge on any atom is 0.222 e. The molecular weight excluding hydrogens is 250 g/mol. The molecule has 1 aromatic carbocycles. The first kappa shape index (κ1) is 12.6. The van der Waals surface area contributed by atoms with Crippen LogP contribution in [-0.4, -0.2) is 19.7 Å². The van der Waals surface area contributed by atoms with E-state index in [0.717, 1.165) is 22.4 Å². The molecule has 0 aliphatic heterocycles. The van der Waals surface area contributed by atoms with Crippen molar-refractivity contribution in [2.75, 3.05) is 5.73 Å². The van der Waals surface area contributed by atoms with Crippen molar-refractivity contribution in [3.8, 4) is 5.69 Å². The van der Waals surface area contributed by atoms with Crippen LogP contribution in [-0.2, 0) is 5.41 Å². The average molecular weight is 267 g/mol. The molecule has 5 heteroatoms. The third-order valence-corrected chi connectivity index (χ3v) is 3.15. The molecule has 102 valence electrons. The van der Waals surface area contributed by atoms with Crippen LogP contribution in [0.25, 0.3) is 16.7 Å². The number of para-hydroxylation sites is 1. The van der Waals surface area contributed by atoms with Crippen LogP contribution in [0.1, 0.15) is 26.5 Å². The number of benzene rings is 1. The zero-order chi connectivity index (χ0) is 14.3. The molecule has 0 saturated carbocycles. The number of hydrogen-bond donors (Lipinski definition) is 1. The van der Waals surface area contributed by atoms with Crippen molar-refractivity contribution in [1.82, 2.24) is 19.7 Å². The second-order valence-electron chi connectivity index (χ2n) is 5.81. The normalized spacial score (nSPS) is 11.9. The Labute approximate surface area is 117 Å². The van der Waals surface area contributed by atoms with Crippen molar-refractivity contribution in [3.05, 3.63) is 42.2 Å². The molecule has 0 aliphatic rings. The van der Waals surface area contributed by atoms with Gasteiger partial charge < -0.3 is 5.73 Å². The number of rotatable bonds is 1. The zero-order valence-corrected chi connectivity index (χ0v) is 11.8. The lowest BCUT2D eigenvalue weighted by Gasteiger charge is -2.15. The second kappa shape index (κ2) is 4.30. The van der Waals surface area contributed by atoms with E-state index < -0.39 is 0 Å². The van der Waals surface area contributed by atoms with Gasteiger partial charge >= 0.3 is 0 Å². The van der Waals surface area contributed by atoms with Crippen LogP contribution in [0.5, 0.6) is 0 Å². The van der Waals surface area contributed by atoms with Gasteiger partial charge in [-0.2, -0.15) is 10.1 Å². The predicted octanol–water partition coefficient (Wildman–Crippen LogP) is 2.70. The highest BCUT2D eigenvalue weighted by molar-refractivity contribution is 5.81. The highest BCUT2D eigenvalue weighted by Gasteiger charge is 2.24. The number of nitrogen functional groups attached to an aromatic ring is 1. The van der Waals surface area contributed by atoms with E-state index in [0.29, 0.717) is 0 Å². The number of nitrogens with zero attached hydrogens (tertiary/aromatic N) is 4. The van der Waals surface area contributed by atoms with Gasteiger partial charge in [-0.05, 0) is 12.1 Å². The molecule has 0 aliphatic carbocycles. The molecule has 0 fully saturated rings. The van der Waals surface area contributed by atoms with Crippen LogP contribution in [0.2, 0.25) is 0 Å². The van der Waals surface area contributed by atoms with Crippen molar-refractivity contribution in [2.45, 2.75) is 26.2 Å². The predicted molar refractivity (Wildman–Crippen MR) is 79.8 cm³/mol. The molecule has 0 radical (unpaired) electrons. The monoisotopic (exact) mass is 267 g/mol. The Hall–Kier alpha value is -2.43. The zero-order valence-electron chi connectivity index (χ0n) is 11.8. The summed E-state index contributed by atoms with van der Waals surface area (Å²) in [6, 6.07) is 9.92. The summed E-state index contributed by atoms with van der Waals surface area (Å²) >= 11 is 0. The maximum absolute atomic E-state index is 5.73. The molecule has 5 nitrogen and oxygen atoms in total. The van der Waals surface area contributed by atoms with E-state index in [2.05, 4.69) is 30.7 Å². The third-order valence-electron chi connectivity index (χ3n) is 3.15. The van der Waals surface area contributed by atoms with Crippen LogP contribution in [0.15, 0.2) is 36.5 Å². The Morgan fingerprint density at radius 3 is 2.45 bits per heavy atom. The molecule has 2 N–H and O–H groups in total. The average Bonchev–Trinajstić information content (AvgIpc) is 2.78. The quantitative estimate of drug-likeness (QED) is 0.736. The van der Waals surface area contributed by atoms with E-state index in [-0.39, 0.29) is 11.4 Å². The number of hydrogen-bond acceptors (Lipinski definition) is 4. The van der Waals surface area contributed by atoms with Crippen LogP contribution in [0.3, 0.4) is 0 Å². The van der Waals surface area contributed by atoms with Gasteiger partial charge in [0, 0.05) is 11.6 Å². The van der Waals surface area contributed by atoms with Crippen LogP contribution in [0, 0.1) is 0 Å². The lowest BCUT2D eigenvalue weighted by Crippen LogP contribution is -2.13. The highest BCUT2D eigenvalue weighted by atomic mass is 15.3. The molecule has 0 unspecified atom stereocenters. The van der Waals surface area contributed by atoms with E-state index in [1.165, 1.54) is 0 Å². The largest absolute Gasteiger partial charge is 0.368 e. The van der Waals surface area contributed by atoms with Gasteiger partial charge in [0.2, 0.25) is 5.95 Å². The number of anilines is 1. The third kappa shape index (κ3) is 2.01. The molecule has 2 heterocycles. The fraction of sp³-hybridized carbons (Fsp3) is 0.267. The summed E-state index contributed by atoms with van der Waals surface area (Å²) in [6.45, 7) is 6.38. The van der Waals surface area contributed by atoms with Crippen molar-refractivity contribution < 1.29 is 0 Å². The topological polar surface area (TPSA) is 69.6 Å². The van der Waals surface area contributed by atoms with Crippen molar-refractivity contribution in [2.24, 2.45) is 0 Å². The van der Waals surface area contributed by atoms with Gasteiger partial charge in [-0.3, -0.25) is 0 Å². The van der Waals surface area contributed by atoms with Gasteiger partial charge in [0.1, 0.15) is 0 Å². The summed E-state index contributed by atoms with van der Waals surface area (Å²) in [5.41, 5.74) is 8.32. The first-order chi connectivity index (χ1) is 9.47. The van der Waals surface area contributed by atoms with Crippen LogP contribution in [0.4, 0.5) is 5.95 Å². The molecule has 0 amide bonds. The summed E-state index contributed by atoms with van der Waals surface area (Å²) in [4.78, 5) is 8.46. The summed E-state index contributed by atoms with van der Waals surface area (Å²) < 4.78 is 1.83. The van der Waals surface area contributed by atoms with Crippen LogP contribution < -0.4 is 5.73 Å². The molecule has 20 heavy (non-hydrogen) atoms. The summed E-state index contributed by atoms with van der Waals surface area (Å²) in [6.07, 6.45) is 1.75. The van der Waals surface area contributed by atoms with E-state index in [1.807, 2.05) is 35.0 Å². The van der Waals surface area contributed by atoms with E-state index >= 15 is 0 Å². The Morgan fingerprint density at radius 2 is 1.80 bits per heavy atom.